The van der Waals surface area contributed by atoms with Gasteiger partial charge in [-0.3, -0.25) is 0 Å². The smallest absolute Gasteiger partial charge is 0.161 e. The fraction of sp³-hybridized carbons (Fsp3) is 0.400. The largest absolute Gasteiger partial charge is 0.504 e. The van der Waals surface area contributed by atoms with Gasteiger partial charge >= 0.3 is 0 Å². The van der Waals surface area contributed by atoms with E-state index in [1.807, 2.05) is 30.3 Å². The first-order chi connectivity index (χ1) is 24.4. The fourth-order valence-electron chi connectivity index (χ4n) is 6.47. The Hall–Kier alpha value is -4.84. The van der Waals surface area contributed by atoms with Crippen molar-refractivity contribution in [3.63, 3.8) is 0 Å². The summed E-state index contributed by atoms with van der Waals surface area (Å²) in [5.74, 6) is 2.73. The minimum Gasteiger partial charge on any atom is -0.504 e. The molecule has 4 aromatic carbocycles. The van der Waals surface area contributed by atoms with Gasteiger partial charge < -0.3 is 53.6 Å². The number of aliphatic hydroxyl groups excluding tert-OH is 2. The quantitative estimate of drug-likeness (QED) is 0.0988. The molecule has 4 aromatic rings. The third-order valence-electron chi connectivity index (χ3n) is 9.72. The van der Waals surface area contributed by atoms with Crippen molar-refractivity contribution in [1.29, 1.82) is 0 Å². The second kappa shape index (κ2) is 16.0. The van der Waals surface area contributed by atoms with Gasteiger partial charge in [0.2, 0.25) is 0 Å². The van der Waals surface area contributed by atoms with Crippen LogP contribution in [0.5, 0.6) is 46.0 Å². The monoisotopic (exact) mass is 704 g/mol. The molecule has 8 unspecified atom stereocenters. The number of aromatic hydroxyl groups is 2. The van der Waals surface area contributed by atoms with Crippen molar-refractivity contribution >= 4 is 0 Å². The third kappa shape index (κ3) is 7.90. The first-order valence-corrected chi connectivity index (χ1v) is 16.8. The van der Waals surface area contributed by atoms with Crippen LogP contribution in [0.3, 0.4) is 0 Å². The zero-order valence-electron chi connectivity index (χ0n) is 30.2. The molecule has 1 saturated heterocycles. The Morgan fingerprint density at radius 2 is 0.922 bits per heavy atom. The van der Waals surface area contributed by atoms with Crippen LogP contribution in [0.2, 0.25) is 0 Å². The number of ether oxygens (including phenoxy) is 7. The molecular formula is C40H48O11. The lowest BCUT2D eigenvalue weighted by atomic mass is 9.85. The van der Waals surface area contributed by atoms with Crippen molar-refractivity contribution in [2.75, 3.05) is 28.4 Å². The summed E-state index contributed by atoms with van der Waals surface area (Å²) in [6, 6.07) is 20.7. The molecule has 1 aliphatic rings. The molecule has 11 heteroatoms. The minimum absolute atomic E-state index is 0.146. The van der Waals surface area contributed by atoms with E-state index in [0.717, 1.165) is 11.1 Å². The van der Waals surface area contributed by atoms with Gasteiger partial charge in [0, 0.05) is 0 Å². The van der Waals surface area contributed by atoms with Crippen molar-refractivity contribution in [2.45, 2.75) is 64.3 Å². The maximum absolute atomic E-state index is 11.1. The van der Waals surface area contributed by atoms with E-state index in [1.54, 1.807) is 66.6 Å². The highest BCUT2D eigenvalue weighted by molar-refractivity contribution is 5.47. The average Bonchev–Trinajstić information content (AvgIpc) is 3.44. The number of methoxy groups -OCH3 is 4. The van der Waals surface area contributed by atoms with Crippen molar-refractivity contribution in [3.8, 4) is 46.0 Å². The van der Waals surface area contributed by atoms with Crippen LogP contribution in [-0.4, -0.2) is 61.1 Å². The molecule has 51 heavy (non-hydrogen) atoms. The van der Waals surface area contributed by atoms with Gasteiger partial charge in [-0.25, -0.2) is 0 Å². The van der Waals surface area contributed by atoms with E-state index >= 15 is 0 Å². The Kier molecular flexibility index (Phi) is 11.7. The molecule has 11 nitrogen and oxygen atoms in total. The van der Waals surface area contributed by atoms with Gasteiger partial charge in [-0.15, -0.1) is 0 Å². The van der Waals surface area contributed by atoms with Crippen molar-refractivity contribution < 1.29 is 53.6 Å². The second-order valence-corrected chi connectivity index (χ2v) is 12.9. The van der Waals surface area contributed by atoms with Crippen molar-refractivity contribution in [1.82, 2.24) is 0 Å². The predicted molar refractivity (Wildman–Crippen MR) is 190 cm³/mol. The van der Waals surface area contributed by atoms with Crippen molar-refractivity contribution in [2.24, 2.45) is 11.8 Å². The first-order valence-electron chi connectivity index (χ1n) is 16.8. The van der Waals surface area contributed by atoms with Gasteiger partial charge in [0.25, 0.3) is 0 Å². The van der Waals surface area contributed by atoms with Gasteiger partial charge in [-0.1, -0.05) is 38.1 Å². The van der Waals surface area contributed by atoms with E-state index in [1.165, 1.54) is 18.2 Å². The molecule has 5 rings (SSSR count). The number of benzene rings is 4. The van der Waals surface area contributed by atoms with Gasteiger partial charge in [0.05, 0.1) is 40.6 Å². The maximum atomic E-state index is 11.1. The topological polar surface area (TPSA) is 146 Å². The lowest BCUT2D eigenvalue weighted by Crippen LogP contribution is -2.22. The summed E-state index contributed by atoms with van der Waals surface area (Å²) in [7, 11) is 6.24. The molecule has 4 N–H and O–H groups in total. The van der Waals surface area contributed by atoms with Gasteiger partial charge in [0.15, 0.2) is 46.0 Å². The van der Waals surface area contributed by atoms with Crippen LogP contribution in [0.15, 0.2) is 72.8 Å². The molecule has 0 spiro atoms. The molecule has 1 aliphatic heterocycles. The number of phenols is 2. The molecule has 0 saturated carbocycles. The molecule has 1 heterocycles. The van der Waals surface area contributed by atoms with Gasteiger partial charge in [-0.2, -0.15) is 0 Å². The molecule has 0 radical (unpaired) electrons. The van der Waals surface area contributed by atoms with E-state index in [2.05, 4.69) is 13.8 Å². The lowest BCUT2D eigenvalue weighted by molar-refractivity contribution is 0.0281. The predicted octanol–water partition coefficient (Wildman–Crippen LogP) is 7.22. The van der Waals surface area contributed by atoms with E-state index in [-0.39, 0.29) is 35.5 Å². The van der Waals surface area contributed by atoms with Gasteiger partial charge in [-0.05, 0) is 96.5 Å². The van der Waals surface area contributed by atoms with Crippen LogP contribution in [0.25, 0.3) is 0 Å². The number of phenolic OH excluding ortho intramolecular Hbond substituents is 2. The molecule has 274 valence electrons. The van der Waals surface area contributed by atoms with Crippen molar-refractivity contribution in [3.05, 3.63) is 95.1 Å². The van der Waals surface area contributed by atoms with E-state index in [4.69, 9.17) is 33.2 Å². The van der Waals surface area contributed by atoms with Crippen LogP contribution >= 0.6 is 0 Å². The van der Waals surface area contributed by atoms with Gasteiger partial charge in [0.1, 0.15) is 24.4 Å². The van der Waals surface area contributed by atoms with E-state index in [0.29, 0.717) is 45.6 Å². The highest BCUT2D eigenvalue weighted by Crippen LogP contribution is 2.51. The zero-order chi connectivity index (χ0) is 37.0. The van der Waals surface area contributed by atoms with Crippen LogP contribution in [0.4, 0.5) is 0 Å². The fourth-order valence-corrected chi connectivity index (χ4v) is 6.47. The summed E-state index contributed by atoms with van der Waals surface area (Å²) in [6.07, 6.45) is -3.79. The first kappa shape index (κ1) is 37.4. The van der Waals surface area contributed by atoms with E-state index in [9.17, 15) is 20.4 Å². The molecule has 0 aliphatic carbocycles. The summed E-state index contributed by atoms with van der Waals surface area (Å²) < 4.78 is 41.1. The number of rotatable bonds is 14. The average molecular weight is 705 g/mol. The molecule has 8 atom stereocenters. The Bertz CT molecular complexity index is 1790. The summed E-state index contributed by atoms with van der Waals surface area (Å²) >= 11 is 0. The molecule has 0 aromatic heterocycles. The SMILES string of the molecule is COc1ccc(C(O)C(C)Oc2ccc(C3OC(c4ccc(OC(C)C(O)c5ccc(O)c(O)c5)c(OC)c4)C(C)C3C)cc2OC)cc1OC. The zero-order valence-corrected chi connectivity index (χ0v) is 30.2. The number of aliphatic hydroxyl groups is 2. The number of hydrogen-bond donors (Lipinski definition) is 4. The molecule has 0 bridgehead atoms. The lowest BCUT2D eigenvalue weighted by Gasteiger charge is -2.24. The summed E-state index contributed by atoms with van der Waals surface area (Å²) in [6.45, 7) is 7.82. The minimum atomic E-state index is -1.07. The Labute approximate surface area is 298 Å². The Morgan fingerprint density at radius 1 is 0.510 bits per heavy atom. The highest BCUT2D eigenvalue weighted by Gasteiger charge is 2.41. The summed E-state index contributed by atoms with van der Waals surface area (Å²) in [5, 5.41) is 41.4. The Balaban J connectivity index is 1.29. The van der Waals surface area contributed by atoms with Crippen LogP contribution in [0, 0.1) is 11.8 Å². The summed E-state index contributed by atoms with van der Waals surface area (Å²) in [5.41, 5.74) is 2.88. The normalized spacial score (nSPS) is 20.9. The number of hydrogen-bond acceptors (Lipinski definition) is 11. The second-order valence-electron chi connectivity index (χ2n) is 12.9. The standard InChI is InChI=1S/C40H48O11/c1-21-22(2)40(28-12-16-33(36(20-28)48-8)50-24(4)38(44)26-10-14-31(45-5)34(18-26)46-6)51-39(21)27-11-15-32(35(19-27)47-7)49-23(3)37(43)25-9-13-29(41)30(42)17-25/h9-24,37-44H,1-8H3. The highest BCUT2D eigenvalue weighted by atomic mass is 16.5. The van der Waals surface area contributed by atoms with Crippen LogP contribution in [-0.2, 0) is 4.74 Å². The molecule has 0 amide bonds. The van der Waals surface area contributed by atoms with E-state index < -0.39 is 24.4 Å². The molecular weight excluding hydrogens is 656 g/mol. The molecule has 1 fully saturated rings. The van der Waals surface area contributed by atoms with Crippen LogP contribution < -0.4 is 28.4 Å². The third-order valence-corrected chi connectivity index (χ3v) is 9.72. The summed E-state index contributed by atoms with van der Waals surface area (Å²) in [4.78, 5) is 0. The van der Waals surface area contributed by atoms with Crippen LogP contribution in [0.1, 0.15) is 74.4 Å². The maximum Gasteiger partial charge on any atom is 0.161 e. The Morgan fingerprint density at radius 3 is 1.37 bits per heavy atom.